The molecule has 0 aromatic heterocycles. The van der Waals surface area contributed by atoms with Crippen molar-refractivity contribution in [3.8, 4) is 0 Å². The molecule has 0 unspecified atom stereocenters. The van der Waals surface area contributed by atoms with Crippen molar-refractivity contribution in [3.63, 3.8) is 0 Å². The van der Waals surface area contributed by atoms with Crippen LogP contribution in [0.1, 0.15) is 194 Å². The number of rotatable bonds is 35. The lowest BCUT2D eigenvalue weighted by Gasteiger charge is -2.15. The number of allylic oxidation sites excluding steroid dienone is 4. The lowest BCUT2D eigenvalue weighted by atomic mass is 10.1. The van der Waals surface area contributed by atoms with Crippen molar-refractivity contribution in [2.45, 2.75) is 194 Å². The summed E-state index contributed by atoms with van der Waals surface area (Å²) in [6, 6.07) is 0. The molecule has 0 aromatic carbocycles. The molecular weight excluding hydrogens is 577 g/mol. The van der Waals surface area contributed by atoms with Crippen molar-refractivity contribution in [2.24, 2.45) is 0 Å². The number of carbonyl (C=O) groups is 2. The third kappa shape index (κ3) is 35.0. The van der Waals surface area contributed by atoms with Gasteiger partial charge in [-0.05, 0) is 64.2 Å². The molecule has 0 aliphatic heterocycles. The number of unbranched alkanes of at least 4 members (excludes halogenated alkanes) is 22. The second kappa shape index (κ2) is 36.8. The van der Waals surface area contributed by atoms with Crippen LogP contribution in [-0.2, 0) is 22.9 Å². The van der Waals surface area contributed by atoms with E-state index in [2.05, 4.69) is 44.7 Å². The maximum atomic E-state index is 12.3. The monoisotopic (exact) mass is 649 g/mol. The van der Waals surface area contributed by atoms with E-state index in [1.165, 1.54) is 116 Å². The van der Waals surface area contributed by atoms with Gasteiger partial charge in [0.15, 0.2) is 0 Å². The number of hydrogen-bond donors (Lipinski definition) is 0. The molecule has 0 spiro atoms. The van der Waals surface area contributed by atoms with E-state index in [4.69, 9.17) is 13.3 Å². The predicted molar refractivity (Wildman–Crippen MR) is 194 cm³/mol. The van der Waals surface area contributed by atoms with Crippen LogP contribution in [0.4, 0.5) is 0 Å². The van der Waals surface area contributed by atoms with Gasteiger partial charge in [0.25, 0.3) is 11.9 Å². The Hall–Kier alpha value is -1.66. The molecule has 6 heteroatoms. The lowest BCUT2D eigenvalue weighted by molar-refractivity contribution is -0.143. The van der Waals surface area contributed by atoms with Gasteiger partial charge in [-0.1, -0.05) is 147 Å². The molecule has 0 saturated carbocycles. The molecule has 0 amide bonds. The Labute approximate surface area is 281 Å². The van der Waals surface area contributed by atoms with Crippen LogP contribution in [0.15, 0.2) is 37.0 Å². The summed E-state index contributed by atoms with van der Waals surface area (Å²) in [6.45, 7) is 8.37. The van der Waals surface area contributed by atoms with Gasteiger partial charge < -0.3 is 13.3 Å². The molecule has 0 aliphatic carbocycles. The highest BCUT2D eigenvalue weighted by Crippen LogP contribution is 2.13. The van der Waals surface area contributed by atoms with E-state index in [1.54, 1.807) is 6.08 Å². The van der Waals surface area contributed by atoms with Crippen molar-refractivity contribution in [3.05, 3.63) is 37.0 Å². The molecule has 0 saturated heterocycles. The molecule has 0 aromatic rings. The average molecular weight is 649 g/mol. The van der Waals surface area contributed by atoms with E-state index in [0.717, 1.165) is 51.4 Å². The molecule has 0 heterocycles. The summed E-state index contributed by atoms with van der Waals surface area (Å²) in [5.74, 6) is -0.663. The number of carbonyl (C=O) groups excluding carboxylic acids is 2. The van der Waals surface area contributed by atoms with Gasteiger partial charge in [-0.2, -0.15) is 0 Å². The topological polar surface area (TPSA) is 61.8 Å². The predicted octanol–water partition coefficient (Wildman–Crippen LogP) is 12.1. The molecule has 0 N–H and O–H groups in total. The zero-order chi connectivity index (χ0) is 32.9. The Kier molecular flexibility index (Phi) is 35.4. The van der Waals surface area contributed by atoms with Gasteiger partial charge >= 0.3 is 9.53 Å². The Bertz CT molecular complexity index is 666. The summed E-state index contributed by atoms with van der Waals surface area (Å²) in [5.41, 5.74) is 0. The molecule has 0 radical (unpaired) electrons. The van der Waals surface area contributed by atoms with E-state index >= 15 is 0 Å². The summed E-state index contributed by atoms with van der Waals surface area (Å²) in [7, 11) is -2.84. The van der Waals surface area contributed by atoms with Gasteiger partial charge in [0.1, 0.15) is 0 Å². The van der Waals surface area contributed by atoms with Crippen molar-refractivity contribution < 1.29 is 22.9 Å². The van der Waals surface area contributed by atoms with Crippen LogP contribution in [0.3, 0.4) is 0 Å². The van der Waals surface area contributed by atoms with E-state index < -0.39 is 9.53 Å². The fourth-order valence-corrected chi connectivity index (χ4v) is 6.39. The Balaban J connectivity index is 3.80. The summed E-state index contributed by atoms with van der Waals surface area (Å²) < 4.78 is 16.4. The number of hydrogen-bond acceptors (Lipinski definition) is 5. The minimum absolute atomic E-state index is 0.207. The van der Waals surface area contributed by atoms with Crippen molar-refractivity contribution >= 4 is 21.5 Å². The van der Waals surface area contributed by atoms with Crippen LogP contribution in [0, 0.1) is 0 Å². The van der Waals surface area contributed by atoms with Crippen molar-refractivity contribution in [2.75, 3.05) is 6.61 Å². The van der Waals surface area contributed by atoms with E-state index in [9.17, 15) is 9.59 Å². The molecular formula is C39H72O5Si. The first-order valence-electron chi connectivity index (χ1n) is 19.0. The van der Waals surface area contributed by atoms with Crippen molar-refractivity contribution in [1.29, 1.82) is 0 Å². The van der Waals surface area contributed by atoms with Crippen LogP contribution in [0.25, 0.3) is 0 Å². The molecule has 0 fully saturated rings. The third-order valence-corrected chi connectivity index (χ3v) is 9.47. The van der Waals surface area contributed by atoms with Gasteiger partial charge in [-0.15, -0.1) is 6.58 Å². The Morgan fingerprint density at radius 1 is 0.489 bits per heavy atom. The normalized spacial score (nSPS) is 12.2. The van der Waals surface area contributed by atoms with Crippen LogP contribution in [0.2, 0.25) is 0 Å². The summed E-state index contributed by atoms with van der Waals surface area (Å²) >= 11 is 0. The first kappa shape index (κ1) is 43.3. The van der Waals surface area contributed by atoms with Gasteiger partial charge in [-0.3, -0.25) is 9.59 Å². The first-order chi connectivity index (χ1) is 22.1. The molecule has 0 aliphatic rings. The second-order valence-corrected chi connectivity index (χ2v) is 13.9. The minimum atomic E-state index is -2.84. The fourth-order valence-electron chi connectivity index (χ4n) is 5.25. The highest BCUT2D eigenvalue weighted by Gasteiger charge is 2.24. The summed E-state index contributed by atoms with van der Waals surface area (Å²) in [6.07, 6.45) is 43.2. The maximum Gasteiger partial charge on any atom is 0.620 e. The first-order valence-corrected chi connectivity index (χ1v) is 20.5. The van der Waals surface area contributed by atoms with Crippen LogP contribution in [-0.4, -0.2) is 28.1 Å². The van der Waals surface area contributed by atoms with Gasteiger partial charge in [0, 0.05) is 12.8 Å². The van der Waals surface area contributed by atoms with E-state index in [1.807, 2.05) is 0 Å². The van der Waals surface area contributed by atoms with Gasteiger partial charge in [-0.25, -0.2) is 0 Å². The zero-order valence-electron chi connectivity index (χ0n) is 29.7. The Morgan fingerprint density at radius 2 is 0.800 bits per heavy atom. The van der Waals surface area contributed by atoms with Crippen LogP contribution >= 0.6 is 0 Å². The van der Waals surface area contributed by atoms with Crippen LogP contribution in [0.5, 0.6) is 0 Å². The quantitative estimate of drug-likeness (QED) is 0.0389. The molecule has 5 nitrogen and oxygen atoms in total. The minimum Gasteiger partial charge on any atom is -0.467 e. The summed E-state index contributed by atoms with van der Waals surface area (Å²) in [5, 5.41) is 0. The standard InChI is InChI=1S/C39H72O5Si/c1-4-7-9-11-13-15-17-19-21-23-25-27-29-31-33-35-38(40)43-45(42-37-6-3)44-39(41)36-34-32-30-28-26-24-22-20-18-16-14-12-10-8-5-2/h6,19-22,45H,3-5,7-18,23-37H2,1-2H3. The average Bonchev–Trinajstić information content (AvgIpc) is 3.03. The second-order valence-electron chi connectivity index (χ2n) is 12.6. The summed E-state index contributed by atoms with van der Waals surface area (Å²) in [4.78, 5) is 24.7. The SMILES string of the molecule is C=CCO[SiH](OC(=O)CCCCCCCC=CCCCCCCCC)OC(=O)CCCCCCCC=CCCCCCCCC. The van der Waals surface area contributed by atoms with Gasteiger partial charge in [0.05, 0.1) is 6.61 Å². The van der Waals surface area contributed by atoms with Crippen LogP contribution < -0.4 is 0 Å². The highest BCUT2D eigenvalue weighted by molar-refractivity contribution is 6.41. The molecule has 0 bridgehead atoms. The Morgan fingerprint density at radius 3 is 1.13 bits per heavy atom. The molecule has 262 valence electrons. The molecule has 0 rings (SSSR count). The molecule has 45 heavy (non-hydrogen) atoms. The smallest absolute Gasteiger partial charge is 0.467 e. The van der Waals surface area contributed by atoms with Crippen molar-refractivity contribution in [1.82, 2.24) is 0 Å². The zero-order valence-corrected chi connectivity index (χ0v) is 30.9. The maximum absolute atomic E-state index is 12.3. The molecule has 0 atom stereocenters. The lowest BCUT2D eigenvalue weighted by Crippen LogP contribution is -2.32. The fraction of sp³-hybridized carbons (Fsp3) is 0.795. The third-order valence-electron chi connectivity index (χ3n) is 8.09. The van der Waals surface area contributed by atoms with Gasteiger partial charge in [0.2, 0.25) is 0 Å². The largest absolute Gasteiger partial charge is 0.620 e. The van der Waals surface area contributed by atoms with E-state index in [-0.39, 0.29) is 18.5 Å². The van der Waals surface area contributed by atoms with E-state index in [0.29, 0.717) is 12.8 Å². The highest BCUT2D eigenvalue weighted by atomic mass is 28.3.